The van der Waals surface area contributed by atoms with E-state index in [1.807, 2.05) is 17.4 Å². The highest BCUT2D eigenvalue weighted by Crippen LogP contribution is 2.47. The van der Waals surface area contributed by atoms with E-state index in [-0.39, 0.29) is 0 Å². The SMILES string of the molecule is [C-]#[N+]c1ccc(-c2cccc3c2sc2ccccc23)c2c1oc1c(-n3c4ccc(C)cc4c4cc(C)ccc43)cccc12. The van der Waals surface area contributed by atoms with Crippen LogP contribution in [0.15, 0.2) is 114 Å². The number of fused-ring (bicyclic) bond motifs is 9. The van der Waals surface area contributed by atoms with Gasteiger partial charge in [0.15, 0.2) is 5.58 Å². The first-order valence-electron chi connectivity index (χ1n) is 14.4. The highest BCUT2D eigenvalue weighted by atomic mass is 32.1. The lowest BCUT2D eigenvalue weighted by atomic mass is 9.97. The van der Waals surface area contributed by atoms with E-state index < -0.39 is 0 Å². The van der Waals surface area contributed by atoms with E-state index in [2.05, 4.69) is 126 Å². The number of nitrogens with zero attached hydrogens (tertiary/aromatic N) is 2. The van der Waals surface area contributed by atoms with Crippen LogP contribution < -0.4 is 0 Å². The van der Waals surface area contributed by atoms with Crippen LogP contribution in [0.25, 0.3) is 85.6 Å². The van der Waals surface area contributed by atoms with Crippen molar-refractivity contribution in [2.75, 3.05) is 0 Å². The second-order valence-corrected chi connectivity index (χ2v) is 12.4. The number of furan rings is 1. The van der Waals surface area contributed by atoms with Gasteiger partial charge in [-0.3, -0.25) is 0 Å². The van der Waals surface area contributed by atoms with Gasteiger partial charge in [0.25, 0.3) is 0 Å². The number of hydrogen-bond acceptors (Lipinski definition) is 2. The topological polar surface area (TPSA) is 22.4 Å². The van der Waals surface area contributed by atoms with Gasteiger partial charge < -0.3 is 8.98 Å². The van der Waals surface area contributed by atoms with E-state index in [0.29, 0.717) is 11.3 Å². The van der Waals surface area contributed by atoms with Gasteiger partial charge in [0, 0.05) is 47.3 Å². The van der Waals surface area contributed by atoms with Crippen molar-refractivity contribution in [3.63, 3.8) is 0 Å². The summed E-state index contributed by atoms with van der Waals surface area (Å²) in [5, 5.41) is 6.99. The average Bonchev–Trinajstić information content (AvgIpc) is 3.70. The van der Waals surface area contributed by atoms with Gasteiger partial charge in [-0.05, 0) is 55.8 Å². The Labute approximate surface area is 251 Å². The zero-order valence-corrected chi connectivity index (χ0v) is 24.4. The van der Waals surface area contributed by atoms with Crippen LogP contribution in [0, 0.1) is 20.4 Å². The lowest BCUT2D eigenvalue weighted by molar-refractivity contribution is 0.668. The van der Waals surface area contributed by atoms with E-state index in [1.165, 1.54) is 42.1 Å². The minimum absolute atomic E-state index is 0.526. The average molecular weight is 569 g/mol. The molecule has 202 valence electrons. The van der Waals surface area contributed by atoms with Crippen molar-refractivity contribution in [2.45, 2.75) is 13.8 Å². The van der Waals surface area contributed by atoms with Crippen molar-refractivity contribution < 1.29 is 4.42 Å². The van der Waals surface area contributed by atoms with E-state index in [0.717, 1.165) is 44.2 Å². The van der Waals surface area contributed by atoms with Crippen LogP contribution in [-0.2, 0) is 0 Å². The Balaban J connectivity index is 1.41. The van der Waals surface area contributed by atoms with E-state index >= 15 is 0 Å². The predicted octanol–water partition coefficient (Wildman–Crippen LogP) is 11.9. The van der Waals surface area contributed by atoms with Crippen molar-refractivity contribution >= 4 is 80.9 Å². The molecule has 0 radical (unpaired) electrons. The fraction of sp³-hybridized carbons (Fsp3) is 0.0513. The van der Waals surface area contributed by atoms with Gasteiger partial charge >= 0.3 is 0 Å². The largest absolute Gasteiger partial charge is 0.465 e. The second kappa shape index (κ2) is 8.82. The van der Waals surface area contributed by atoms with Gasteiger partial charge in [0.1, 0.15) is 5.58 Å². The Bertz CT molecular complexity index is 2600. The Kier molecular flexibility index (Phi) is 4.97. The van der Waals surface area contributed by atoms with Crippen LogP contribution in [0.5, 0.6) is 0 Å². The third-order valence-corrected chi connectivity index (χ3v) is 9.96. The molecule has 0 saturated carbocycles. The second-order valence-electron chi connectivity index (χ2n) is 11.4. The summed E-state index contributed by atoms with van der Waals surface area (Å²) in [5.41, 5.74) is 9.92. The molecule has 3 nitrogen and oxygen atoms in total. The van der Waals surface area contributed by atoms with Crippen molar-refractivity contribution in [3.8, 4) is 16.8 Å². The van der Waals surface area contributed by atoms with Gasteiger partial charge in [-0.1, -0.05) is 83.9 Å². The van der Waals surface area contributed by atoms with Gasteiger partial charge in [-0.2, -0.15) is 0 Å². The van der Waals surface area contributed by atoms with Crippen molar-refractivity contribution in [3.05, 3.63) is 132 Å². The minimum atomic E-state index is 0.526. The van der Waals surface area contributed by atoms with Gasteiger partial charge in [0.2, 0.25) is 5.69 Å². The molecule has 0 aliphatic carbocycles. The number of aromatic nitrogens is 1. The zero-order valence-electron chi connectivity index (χ0n) is 23.6. The summed E-state index contributed by atoms with van der Waals surface area (Å²) >= 11 is 1.82. The summed E-state index contributed by atoms with van der Waals surface area (Å²) < 4.78 is 11.6. The Morgan fingerprint density at radius 2 is 1.33 bits per heavy atom. The number of aryl methyl sites for hydroxylation is 2. The summed E-state index contributed by atoms with van der Waals surface area (Å²) in [6, 6.07) is 38.8. The van der Waals surface area contributed by atoms with E-state index in [1.54, 1.807) is 0 Å². The normalized spacial score (nSPS) is 11.9. The van der Waals surface area contributed by atoms with Gasteiger partial charge in [0.05, 0.1) is 23.3 Å². The third kappa shape index (κ3) is 3.34. The minimum Gasteiger partial charge on any atom is -0.465 e. The van der Waals surface area contributed by atoms with Crippen molar-refractivity contribution in [2.24, 2.45) is 0 Å². The Hall–Kier alpha value is -5.37. The number of hydrogen-bond donors (Lipinski definition) is 0. The molecule has 43 heavy (non-hydrogen) atoms. The standard InChI is InChI=1S/C39H24N2OS/c1-22-14-18-32-29(20-22)30-21-23(2)15-19-33(30)41(32)34-12-7-11-28-36-25(16-17-31(40-3)38(36)42-37(28)34)27-10-6-9-26-24-8-4-5-13-35(24)43-39(26)27/h4-21H,1-2H3. The van der Waals surface area contributed by atoms with Crippen LogP contribution in [0.1, 0.15) is 11.1 Å². The number of thiophene rings is 1. The molecule has 0 aliphatic heterocycles. The molecule has 0 amide bonds. The Morgan fingerprint density at radius 1 is 0.628 bits per heavy atom. The molecule has 6 aromatic carbocycles. The highest BCUT2D eigenvalue weighted by Gasteiger charge is 2.22. The molecule has 0 N–H and O–H groups in total. The number of rotatable bonds is 2. The molecule has 0 unspecified atom stereocenters. The number of benzene rings is 6. The molecule has 0 fully saturated rings. The monoisotopic (exact) mass is 568 g/mol. The molecule has 0 spiro atoms. The third-order valence-electron chi connectivity index (χ3n) is 8.74. The van der Waals surface area contributed by atoms with Crippen LogP contribution in [0.4, 0.5) is 5.69 Å². The van der Waals surface area contributed by atoms with Gasteiger partial charge in [-0.15, -0.1) is 11.3 Å². The zero-order chi connectivity index (χ0) is 28.8. The van der Waals surface area contributed by atoms with Gasteiger partial charge in [-0.25, -0.2) is 4.85 Å². The summed E-state index contributed by atoms with van der Waals surface area (Å²) in [6.07, 6.45) is 0. The molecule has 0 bridgehead atoms. The first kappa shape index (κ1) is 24.2. The lowest BCUT2D eigenvalue weighted by Gasteiger charge is -2.09. The lowest BCUT2D eigenvalue weighted by Crippen LogP contribution is -1.94. The molecule has 0 atom stereocenters. The van der Waals surface area contributed by atoms with Crippen LogP contribution in [-0.4, -0.2) is 4.57 Å². The Morgan fingerprint density at radius 3 is 2.09 bits per heavy atom. The maximum atomic E-state index is 7.99. The summed E-state index contributed by atoms with van der Waals surface area (Å²) in [5.74, 6) is 0. The molecule has 3 heterocycles. The molecular weight excluding hydrogens is 545 g/mol. The molecule has 0 saturated heterocycles. The highest BCUT2D eigenvalue weighted by molar-refractivity contribution is 7.26. The van der Waals surface area contributed by atoms with Crippen LogP contribution in [0.3, 0.4) is 0 Å². The molecule has 3 aromatic heterocycles. The molecule has 9 rings (SSSR count). The summed E-state index contributed by atoms with van der Waals surface area (Å²) in [4.78, 5) is 3.89. The van der Waals surface area contributed by atoms with Crippen molar-refractivity contribution in [1.82, 2.24) is 4.57 Å². The molecule has 4 heteroatoms. The molecule has 0 aliphatic rings. The summed E-state index contributed by atoms with van der Waals surface area (Å²) in [7, 11) is 0. The molecule has 9 aromatic rings. The van der Waals surface area contributed by atoms with Crippen LogP contribution >= 0.6 is 11.3 Å². The first-order chi connectivity index (χ1) is 21.1. The smallest absolute Gasteiger partial charge is 0.229 e. The quantitative estimate of drug-likeness (QED) is 0.190. The van der Waals surface area contributed by atoms with Crippen molar-refractivity contribution in [1.29, 1.82) is 0 Å². The fourth-order valence-electron chi connectivity index (χ4n) is 6.83. The van der Waals surface area contributed by atoms with E-state index in [9.17, 15) is 0 Å². The fourth-order valence-corrected chi connectivity index (χ4v) is 8.06. The predicted molar refractivity (Wildman–Crippen MR) is 182 cm³/mol. The molecular formula is C39H24N2OS. The maximum absolute atomic E-state index is 7.99. The van der Waals surface area contributed by atoms with E-state index in [4.69, 9.17) is 11.0 Å². The number of para-hydroxylation sites is 1. The first-order valence-corrected chi connectivity index (χ1v) is 15.2. The maximum Gasteiger partial charge on any atom is 0.229 e. The summed E-state index contributed by atoms with van der Waals surface area (Å²) in [6.45, 7) is 12.3. The van der Waals surface area contributed by atoms with Crippen LogP contribution in [0.2, 0.25) is 0 Å².